The van der Waals surface area contributed by atoms with Crippen LogP contribution in [-0.4, -0.2) is 33.0 Å². The molecule has 0 aromatic heterocycles. The molecule has 2 amide bonds. The predicted molar refractivity (Wildman–Crippen MR) is 111 cm³/mol. The lowest BCUT2D eigenvalue weighted by Crippen LogP contribution is -2.40. The van der Waals surface area contributed by atoms with Crippen molar-refractivity contribution < 1.29 is 14.3 Å². The van der Waals surface area contributed by atoms with Gasteiger partial charge in [-0.2, -0.15) is 0 Å². The summed E-state index contributed by atoms with van der Waals surface area (Å²) >= 11 is 0. The van der Waals surface area contributed by atoms with Gasteiger partial charge in [0.05, 0.1) is 0 Å². The van der Waals surface area contributed by atoms with E-state index in [0.717, 1.165) is 11.3 Å². The van der Waals surface area contributed by atoms with Crippen LogP contribution in [0.15, 0.2) is 66.4 Å². The van der Waals surface area contributed by atoms with E-state index < -0.39 is 6.10 Å². The Bertz CT molecular complexity index is 817. The predicted octanol–water partition coefficient (Wildman–Crippen LogP) is 2.60. The molecule has 0 aliphatic heterocycles. The number of carbonyl (C=O) groups excluding carboxylic acids is 2. The highest BCUT2D eigenvalue weighted by Crippen LogP contribution is 2.16. The fraction of sp³-hybridized carbons (Fsp3) is 0.238. The van der Waals surface area contributed by atoms with Gasteiger partial charge in [-0.1, -0.05) is 30.3 Å². The molecule has 148 valence electrons. The van der Waals surface area contributed by atoms with Crippen LogP contribution >= 0.6 is 0 Å². The molecule has 0 heterocycles. The van der Waals surface area contributed by atoms with E-state index in [-0.39, 0.29) is 11.8 Å². The van der Waals surface area contributed by atoms with Crippen LogP contribution in [0, 0.1) is 0 Å². The zero-order chi connectivity index (χ0) is 20.5. The van der Waals surface area contributed by atoms with Gasteiger partial charge in [-0.05, 0) is 36.8 Å². The van der Waals surface area contributed by atoms with E-state index in [4.69, 9.17) is 4.74 Å². The van der Waals surface area contributed by atoms with Gasteiger partial charge in [0.15, 0.2) is 6.10 Å². The molecule has 2 aromatic rings. The molecule has 0 spiro atoms. The number of hydrazine groups is 1. The minimum Gasteiger partial charge on any atom is -0.378 e. The molecule has 0 radical (unpaired) electrons. The number of methoxy groups -OCH3 is 1. The van der Waals surface area contributed by atoms with Gasteiger partial charge < -0.3 is 20.4 Å². The molecule has 1 atom stereocenters. The molecule has 2 aromatic carbocycles. The average Bonchev–Trinajstić information content (AvgIpc) is 2.68. The van der Waals surface area contributed by atoms with Crippen LogP contribution in [-0.2, 0) is 14.3 Å². The van der Waals surface area contributed by atoms with Crippen LogP contribution < -0.4 is 21.1 Å². The Kier molecular flexibility index (Phi) is 7.59. The number of nitrogens with one attached hydrogen (secondary N) is 3. The normalized spacial score (nSPS) is 12.1. The van der Waals surface area contributed by atoms with Crippen molar-refractivity contribution in [2.75, 3.05) is 31.4 Å². The highest BCUT2D eigenvalue weighted by Gasteiger charge is 2.19. The number of benzene rings is 2. The minimum atomic E-state index is -0.745. The third-order valence-electron chi connectivity index (χ3n) is 3.96. The van der Waals surface area contributed by atoms with E-state index in [0.29, 0.717) is 11.4 Å². The second kappa shape index (κ2) is 10.1. The monoisotopic (exact) mass is 382 g/mol. The molecule has 0 bridgehead atoms. The van der Waals surface area contributed by atoms with Crippen molar-refractivity contribution in [3.63, 3.8) is 0 Å². The lowest BCUT2D eigenvalue weighted by Gasteiger charge is -2.16. The van der Waals surface area contributed by atoms with E-state index >= 15 is 0 Å². The molecule has 0 aliphatic carbocycles. The molecule has 28 heavy (non-hydrogen) atoms. The molecule has 0 saturated carbocycles. The summed E-state index contributed by atoms with van der Waals surface area (Å²) < 4.78 is 5.26. The Labute approximate surface area is 165 Å². The van der Waals surface area contributed by atoms with Crippen LogP contribution in [0.2, 0.25) is 0 Å². The zero-order valence-electron chi connectivity index (χ0n) is 16.5. The Morgan fingerprint density at radius 1 is 1.00 bits per heavy atom. The standard InChI is InChI=1S/C21H26N4O3/c1-15(14-19(26)22-17-10-12-18(13-11-17)25(2)3)23-24-21(27)20(28-4)16-8-6-5-7-9-16/h5-14,20,23H,1-4H3,(H,22,26)(H,24,27)/b15-14-/t20-/m0/s1. The van der Waals surface area contributed by atoms with E-state index in [9.17, 15) is 9.59 Å². The molecule has 0 fully saturated rings. The number of carbonyl (C=O) groups is 2. The summed E-state index contributed by atoms with van der Waals surface area (Å²) in [4.78, 5) is 26.4. The second-order valence-corrected chi connectivity index (χ2v) is 6.40. The molecule has 2 rings (SSSR count). The molecule has 0 unspecified atom stereocenters. The van der Waals surface area contributed by atoms with Crippen molar-refractivity contribution in [2.45, 2.75) is 13.0 Å². The van der Waals surface area contributed by atoms with Gasteiger partial charge in [-0.3, -0.25) is 15.0 Å². The van der Waals surface area contributed by atoms with E-state index in [1.807, 2.05) is 73.6 Å². The highest BCUT2D eigenvalue weighted by molar-refractivity contribution is 5.99. The van der Waals surface area contributed by atoms with E-state index in [2.05, 4.69) is 16.2 Å². The molecule has 7 nitrogen and oxygen atoms in total. The maximum absolute atomic E-state index is 12.3. The number of rotatable bonds is 8. The number of anilines is 2. The van der Waals surface area contributed by atoms with Crippen LogP contribution in [0.25, 0.3) is 0 Å². The van der Waals surface area contributed by atoms with Gasteiger partial charge >= 0.3 is 0 Å². The Morgan fingerprint density at radius 3 is 2.21 bits per heavy atom. The summed E-state index contributed by atoms with van der Waals surface area (Å²) in [7, 11) is 5.37. The van der Waals surface area contributed by atoms with E-state index in [1.54, 1.807) is 6.92 Å². The summed E-state index contributed by atoms with van der Waals surface area (Å²) in [5, 5.41) is 2.78. The first-order valence-electron chi connectivity index (χ1n) is 8.81. The Balaban J connectivity index is 1.88. The number of hydrogen-bond acceptors (Lipinski definition) is 5. The molecule has 3 N–H and O–H groups in total. The van der Waals surface area contributed by atoms with Crippen LogP contribution in [0.4, 0.5) is 11.4 Å². The first-order chi connectivity index (χ1) is 13.4. The highest BCUT2D eigenvalue weighted by atomic mass is 16.5. The van der Waals surface area contributed by atoms with Crippen molar-refractivity contribution in [1.82, 2.24) is 10.9 Å². The van der Waals surface area contributed by atoms with Gasteiger partial charge in [0.1, 0.15) is 0 Å². The number of hydrogen-bond donors (Lipinski definition) is 3. The molecule has 7 heteroatoms. The summed E-state index contributed by atoms with van der Waals surface area (Å²) in [5.74, 6) is -0.663. The summed E-state index contributed by atoms with van der Waals surface area (Å²) in [6.07, 6.45) is 0.621. The smallest absolute Gasteiger partial charge is 0.272 e. The van der Waals surface area contributed by atoms with Crippen molar-refractivity contribution in [3.05, 3.63) is 71.9 Å². The number of nitrogens with zero attached hydrogens (tertiary/aromatic N) is 1. The fourth-order valence-corrected chi connectivity index (χ4v) is 2.50. The maximum atomic E-state index is 12.3. The largest absolute Gasteiger partial charge is 0.378 e. The van der Waals surface area contributed by atoms with Crippen molar-refractivity contribution in [1.29, 1.82) is 0 Å². The van der Waals surface area contributed by atoms with Gasteiger partial charge in [0.2, 0.25) is 5.91 Å². The van der Waals surface area contributed by atoms with Gasteiger partial charge in [0.25, 0.3) is 5.91 Å². The Hall–Kier alpha value is -3.32. The van der Waals surface area contributed by atoms with Crippen molar-refractivity contribution in [2.24, 2.45) is 0 Å². The summed E-state index contributed by atoms with van der Waals surface area (Å²) in [6.45, 7) is 1.68. The minimum absolute atomic E-state index is 0.303. The van der Waals surface area contributed by atoms with Crippen LogP contribution in [0.5, 0.6) is 0 Å². The average molecular weight is 382 g/mol. The number of ether oxygens (including phenoxy) is 1. The third kappa shape index (κ3) is 6.14. The SMILES string of the molecule is CO[C@H](C(=O)NN/C(C)=C\C(=O)Nc1ccc(N(C)C)cc1)c1ccccc1. The Morgan fingerprint density at radius 2 is 1.64 bits per heavy atom. The first-order valence-corrected chi connectivity index (χ1v) is 8.81. The van der Waals surface area contributed by atoms with Crippen molar-refractivity contribution in [3.8, 4) is 0 Å². The quantitative estimate of drug-likeness (QED) is 0.483. The zero-order valence-corrected chi connectivity index (χ0v) is 16.5. The summed E-state index contributed by atoms with van der Waals surface area (Å²) in [5.41, 5.74) is 8.23. The molecule has 0 saturated heterocycles. The maximum Gasteiger partial charge on any atom is 0.272 e. The first kappa shape index (κ1) is 21.0. The summed E-state index contributed by atoms with van der Waals surface area (Å²) in [6, 6.07) is 16.6. The van der Waals surface area contributed by atoms with Gasteiger partial charge in [-0.25, -0.2) is 0 Å². The van der Waals surface area contributed by atoms with Crippen molar-refractivity contribution >= 4 is 23.2 Å². The van der Waals surface area contributed by atoms with Gasteiger partial charge in [0, 0.05) is 44.4 Å². The lowest BCUT2D eigenvalue weighted by atomic mass is 10.1. The molecular formula is C21H26N4O3. The van der Waals surface area contributed by atoms with E-state index in [1.165, 1.54) is 13.2 Å². The number of allylic oxidation sites excluding steroid dienone is 1. The topological polar surface area (TPSA) is 82.7 Å². The number of amides is 2. The molecular weight excluding hydrogens is 356 g/mol. The van der Waals surface area contributed by atoms with Crippen LogP contribution in [0.3, 0.4) is 0 Å². The molecule has 0 aliphatic rings. The van der Waals surface area contributed by atoms with Crippen LogP contribution in [0.1, 0.15) is 18.6 Å². The lowest BCUT2D eigenvalue weighted by molar-refractivity contribution is -0.132. The second-order valence-electron chi connectivity index (χ2n) is 6.40. The third-order valence-corrected chi connectivity index (χ3v) is 3.96. The van der Waals surface area contributed by atoms with Gasteiger partial charge in [-0.15, -0.1) is 0 Å². The fourth-order valence-electron chi connectivity index (χ4n) is 2.50.